The Hall–Kier alpha value is -1.62. The van der Waals surface area contributed by atoms with E-state index in [1.807, 2.05) is 34.1 Å². The van der Waals surface area contributed by atoms with E-state index < -0.39 is 6.04 Å². The fourth-order valence-electron chi connectivity index (χ4n) is 2.42. The third kappa shape index (κ3) is 4.98. The Labute approximate surface area is 132 Å². The summed E-state index contributed by atoms with van der Waals surface area (Å²) in [5, 5.41) is 0. The van der Waals surface area contributed by atoms with Crippen LogP contribution in [0.4, 0.5) is 0 Å². The highest BCUT2D eigenvalue weighted by Gasteiger charge is 2.22. The highest BCUT2D eigenvalue weighted by molar-refractivity contribution is 5.74. The van der Waals surface area contributed by atoms with E-state index in [2.05, 4.69) is 4.90 Å². The van der Waals surface area contributed by atoms with Crippen LogP contribution in [-0.4, -0.2) is 42.7 Å². The van der Waals surface area contributed by atoms with Crippen molar-refractivity contribution in [3.63, 3.8) is 0 Å². The summed E-state index contributed by atoms with van der Waals surface area (Å²) in [6.07, 6.45) is 4.10. The van der Waals surface area contributed by atoms with Gasteiger partial charge in [0.2, 0.25) is 0 Å². The van der Waals surface area contributed by atoms with Crippen LogP contribution in [0.2, 0.25) is 0 Å². The van der Waals surface area contributed by atoms with Gasteiger partial charge in [-0.05, 0) is 51.9 Å². The van der Waals surface area contributed by atoms with Gasteiger partial charge in [-0.2, -0.15) is 0 Å². The number of carbonyl (C=O) groups is 1. The summed E-state index contributed by atoms with van der Waals surface area (Å²) in [6.45, 7) is 6.94. The monoisotopic (exact) mass is 308 g/mol. The summed E-state index contributed by atoms with van der Waals surface area (Å²) < 4.78 is 6.67. The first kappa shape index (κ1) is 18.4. The zero-order valence-electron chi connectivity index (χ0n) is 14.4. The van der Waals surface area contributed by atoms with Crippen LogP contribution in [0.15, 0.2) is 17.1 Å². The van der Waals surface area contributed by atoms with Crippen LogP contribution in [0.5, 0.6) is 0 Å². The molecule has 124 valence electrons. The number of ether oxygens (including phenoxy) is 1. The predicted octanol–water partition coefficient (Wildman–Crippen LogP) is 2.17. The average Bonchev–Trinajstić information content (AvgIpc) is 2.44. The van der Waals surface area contributed by atoms with Crippen molar-refractivity contribution in [1.82, 2.24) is 9.47 Å². The van der Waals surface area contributed by atoms with Gasteiger partial charge in [0, 0.05) is 18.8 Å². The second kappa shape index (κ2) is 8.73. The zero-order valence-corrected chi connectivity index (χ0v) is 14.4. The predicted molar refractivity (Wildman–Crippen MR) is 88.3 cm³/mol. The van der Waals surface area contributed by atoms with E-state index in [-0.39, 0.29) is 11.5 Å². The third-order valence-electron chi connectivity index (χ3n) is 3.68. The molecule has 0 saturated heterocycles. The van der Waals surface area contributed by atoms with E-state index in [0.29, 0.717) is 13.0 Å². The third-order valence-corrected chi connectivity index (χ3v) is 3.68. The van der Waals surface area contributed by atoms with E-state index in [4.69, 9.17) is 4.74 Å². The van der Waals surface area contributed by atoms with Gasteiger partial charge in [0.25, 0.3) is 5.56 Å². The lowest BCUT2D eigenvalue weighted by molar-refractivity contribution is -0.147. The topological polar surface area (TPSA) is 51.5 Å². The number of hydrogen-bond acceptors (Lipinski definition) is 4. The van der Waals surface area contributed by atoms with Crippen LogP contribution >= 0.6 is 0 Å². The van der Waals surface area contributed by atoms with E-state index in [1.165, 1.54) is 0 Å². The van der Waals surface area contributed by atoms with Crippen molar-refractivity contribution in [3.8, 4) is 0 Å². The maximum Gasteiger partial charge on any atom is 0.329 e. The highest BCUT2D eigenvalue weighted by Crippen LogP contribution is 2.16. The molecular formula is C17H28N2O3. The molecule has 0 aliphatic rings. The first-order valence-corrected chi connectivity index (χ1v) is 7.93. The highest BCUT2D eigenvalue weighted by atomic mass is 16.5. The molecular weight excluding hydrogens is 280 g/mol. The number of esters is 1. The molecule has 1 atom stereocenters. The fourth-order valence-corrected chi connectivity index (χ4v) is 2.42. The van der Waals surface area contributed by atoms with Gasteiger partial charge in [0.15, 0.2) is 0 Å². The standard InChI is InChI=1S/C17H28N2O3/c1-6-8-15(17(21)22-7-2)19-12-14(9-10-18(4)5)13(3)11-16(19)20/h11-12,15H,6-10H2,1-5H3. The Balaban J connectivity index is 3.16. The van der Waals surface area contributed by atoms with Gasteiger partial charge in [-0.25, -0.2) is 4.79 Å². The maximum atomic E-state index is 12.3. The minimum absolute atomic E-state index is 0.141. The molecule has 22 heavy (non-hydrogen) atoms. The first-order valence-electron chi connectivity index (χ1n) is 7.93. The molecule has 0 aliphatic heterocycles. The molecule has 0 spiro atoms. The normalized spacial score (nSPS) is 12.5. The van der Waals surface area contributed by atoms with Crippen molar-refractivity contribution in [2.24, 2.45) is 0 Å². The molecule has 0 bridgehead atoms. The summed E-state index contributed by atoms with van der Waals surface area (Å²) in [7, 11) is 4.04. The number of likely N-dealkylation sites (N-methyl/N-ethyl adjacent to an activating group) is 1. The van der Waals surface area contributed by atoms with Gasteiger partial charge in [-0.1, -0.05) is 13.3 Å². The SMILES string of the molecule is CCCC(C(=O)OCC)n1cc(CCN(C)C)c(C)cc1=O. The Kier molecular flexibility index (Phi) is 7.32. The molecule has 0 N–H and O–H groups in total. The summed E-state index contributed by atoms with van der Waals surface area (Å²) in [6, 6.07) is 1.09. The number of pyridine rings is 1. The molecule has 1 heterocycles. The van der Waals surface area contributed by atoms with Crippen molar-refractivity contribution in [2.75, 3.05) is 27.2 Å². The van der Waals surface area contributed by atoms with Gasteiger partial charge in [0.05, 0.1) is 6.61 Å². The smallest absolute Gasteiger partial charge is 0.329 e. The second-order valence-corrected chi connectivity index (χ2v) is 5.84. The molecule has 5 heteroatoms. The van der Waals surface area contributed by atoms with Gasteiger partial charge in [-0.15, -0.1) is 0 Å². The molecule has 1 rings (SSSR count). The largest absolute Gasteiger partial charge is 0.464 e. The number of aryl methyl sites for hydroxylation is 1. The van der Waals surface area contributed by atoms with Crippen molar-refractivity contribution < 1.29 is 9.53 Å². The summed E-state index contributed by atoms with van der Waals surface area (Å²) in [5.41, 5.74) is 1.93. The quantitative estimate of drug-likeness (QED) is 0.691. The summed E-state index contributed by atoms with van der Waals surface area (Å²) in [4.78, 5) is 26.6. The minimum atomic E-state index is -0.531. The van der Waals surface area contributed by atoms with Crippen molar-refractivity contribution >= 4 is 5.97 Å². The van der Waals surface area contributed by atoms with Crippen molar-refractivity contribution in [3.05, 3.63) is 33.7 Å². The average molecular weight is 308 g/mol. The molecule has 5 nitrogen and oxygen atoms in total. The lowest BCUT2D eigenvalue weighted by Gasteiger charge is -2.20. The molecule has 0 aromatic carbocycles. The van der Waals surface area contributed by atoms with E-state index in [0.717, 1.165) is 30.5 Å². The van der Waals surface area contributed by atoms with Crippen LogP contribution in [-0.2, 0) is 16.0 Å². The van der Waals surface area contributed by atoms with Gasteiger partial charge in [0.1, 0.15) is 6.04 Å². The molecule has 1 unspecified atom stereocenters. The van der Waals surface area contributed by atoms with Crippen LogP contribution in [0.25, 0.3) is 0 Å². The van der Waals surface area contributed by atoms with E-state index in [9.17, 15) is 9.59 Å². The molecule has 0 saturated carbocycles. The number of aromatic nitrogens is 1. The maximum absolute atomic E-state index is 12.3. The van der Waals surface area contributed by atoms with E-state index >= 15 is 0 Å². The van der Waals surface area contributed by atoms with Crippen molar-refractivity contribution in [1.29, 1.82) is 0 Å². The number of hydrogen-bond donors (Lipinski definition) is 0. The van der Waals surface area contributed by atoms with Crippen LogP contribution in [0.1, 0.15) is 43.9 Å². The summed E-state index contributed by atoms with van der Waals surface area (Å²) in [5.74, 6) is -0.325. The number of nitrogens with zero attached hydrogens (tertiary/aromatic N) is 2. The van der Waals surface area contributed by atoms with E-state index in [1.54, 1.807) is 17.6 Å². The Bertz CT molecular complexity index is 549. The van der Waals surface area contributed by atoms with Crippen LogP contribution in [0.3, 0.4) is 0 Å². The molecule has 0 aliphatic carbocycles. The molecule has 0 radical (unpaired) electrons. The van der Waals surface area contributed by atoms with Crippen molar-refractivity contribution in [2.45, 2.75) is 46.1 Å². The lowest BCUT2D eigenvalue weighted by Crippen LogP contribution is -2.31. The number of carbonyl (C=O) groups excluding carboxylic acids is 1. The van der Waals surface area contributed by atoms with Crippen LogP contribution < -0.4 is 5.56 Å². The molecule has 0 fully saturated rings. The minimum Gasteiger partial charge on any atom is -0.464 e. The Morgan fingerprint density at radius 2 is 2.05 bits per heavy atom. The van der Waals surface area contributed by atoms with Gasteiger partial charge in [-0.3, -0.25) is 4.79 Å². The number of rotatable bonds is 8. The lowest BCUT2D eigenvalue weighted by atomic mass is 10.1. The Morgan fingerprint density at radius 1 is 1.36 bits per heavy atom. The second-order valence-electron chi connectivity index (χ2n) is 5.84. The first-order chi connectivity index (χ1) is 10.4. The zero-order chi connectivity index (χ0) is 16.7. The molecule has 1 aromatic heterocycles. The Morgan fingerprint density at radius 3 is 2.59 bits per heavy atom. The fraction of sp³-hybridized carbons (Fsp3) is 0.647. The summed E-state index contributed by atoms with van der Waals surface area (Å²) >= 11 is 0. The molecule has 1 aromatic rings. The van der Waals surface area contributed by atoms with Crippen LogP contribution in [0, 0.1) is 6.92 Å². The van der Waals surface area contributed by atoms with Gasteiger partial charge >= 0.3 is 5.97 Å². The van der Waals surface area contributed by atoms with Gasteiger partial charge < -0.3 is 14.2 Å². The molecule has 0 amide bonds.